The largest absolute Gasteiger partial charge is 0.377 e. The summed E-state index contributed by atoms with van der Waals surface area (Å²) in [5.74, 6) is -0.320. The number of amides is 1. The molecule has 0 unspecified atom stereocenters. The number of carbonyl (C=O) groups is 1. The number of hydrogen-bond acceptors (Lipinski definition) is 5. The van der Waals surface area contributed by atoms with E-state index in [1.54, 1.807) is 19.1 Å². The summed E-state index contributed by atoms with van der Waals surface area (Å²) in [6, 6.07) is 12.4. The number of nitrogens with one attached hydrogen (secondary N) is 1. The van der Waals surface area contributed by atoms with Crippen LogP contribution in [0.5, 0.6) is 5.75 Å². The minimum atomic E-state index is -4.09. The third-order valence-corrected chi connectivity index (χ3v) is 4.37. The van der Waals surface area contributed by atoms with Crippen molar-refractivity contribution in [3.63, 3.8) is 0 Å². The molecule has 6 nitrogen and oxygen atoms in total. The first-order valence-corrected chi connectivity index (χ1v) is 8.06. The fraction of sp³-hybridized carbons (Fsp3) is 0.125. The molecule has 0 radical (unpaired) electrons. The zero-order chi connectivity index (χ0) is 17.0. The standard InChI is InChI=1S/C16H14N2O4S/c1-11-9-13(10-17)7-8-16(11)23(20,21)22-15-6-4-3-5-14(15)18-12(2)19/h3-9H,1-2H3,(H,18,19). The maximum absolute atomic E-state index is 12.4. The summed E-state index contributed by atoms with van der Waals surface area (Å²) in [6.07, 6.45) is 0. The van der Waals surface area contributed by atoms with Crippen LogP contribution in [0, 0.1) is 18.3 Å². The summed E-state index contributed by atoms with van der Waals surface area (Å²) < 4.78 is 30.0. The van der Waals surface area contributed by atoms with Crippen LogP contribution >= 0.6 is 0 Å². The van der Waals surface area contributed by atoms with Gasteiger partial charge >= 0.3 is 10.1 Å². The van der Waals surface area contributed by atoms with Gasteiger partial charge in [-0.05, 0) is 42.8 Å². The molecule has 0 aliphatic carbocycles. The topological polar surface area (TPSA) is 96.3 Å². The second kappa shape index (κ2) is 6.50. The van der Waals surface area contributed by atoms with Gasteiger partial charge in [-0.1, -0.05) is 12.1 Å². The van der Waals surface area contributed by atoms with Crippen molar-refractivity contribution in [2.45, 2.75) is 18.7 Å². The molecule has 2 rings (SSSR count). The lowest BCUT2D eigenvalue weighted by Crippen LogP contribution is -2.14. The van der Waals surface area contributed by atoms with Gasteiger partial charge in [0.25, 0.3) is 0 Å². The molecule has 23 heavy (non-hydrogen) atoms. The van der Waals surface area contributed by atoms with E-state index < -0.39 is 10.1 Å². The molecule has 0 aliphatic heterocycles. The van der Waals surface area contributed by atoms with Crippen molar-refractivity contribution in [3.05, 3.63) is 53.6 Å². The maximum atomic E-state index is 12.4. The molecule has 0 spiro atoms. The van der Waals surface area contributed by atoms with E-state index in [1.165, 1.54) is 37.3 Å². The first kappa shape index (κ1) is 16.5. The molecule has 0 atom stereocenters. The van der Waals surface area contributed by atoms with Crippen LogP contribution in [0.1, 0.15) is 18.1 Å². The van der Waals surface area contributed by atoms with Crippen molar-refractivity contribution in [1.82, 2.24) is 0 Å². The molecular formula is C16H14N2O4S. The minimum Gasteiger partial charge on any atom is -0.377 e. The molecule has 2 aromatic rings. The van der Waals surface area contributed by atoms with E-state index in [0.717, 1.165) is 0 Å². The summed E-state index contributed by atoms with van der Waals surface area (Å²) in [4.78, 5) is 11.1. The minimum absolute atomic E-state index is 0.0199. The van der Waals surface area contributed by atoms with Crippen LogP contribution in [0.2, 0.25) is 0 Å². The molecule has 0 fully saturated rings. The zero-order valence-electron chi connectivity index (χ0n) is 12.5. The fourth-order valence-electron chi connectivity index (χ4n) is 1.99. The maximum Gasteiger partial charge on any atom is 0.339 e. The van der Waals surface area contributed by atoms with E-state index in [1.807, 2.05) is 6.07 Å². The predicted octanol–water partition coefficient (Wildman–Crippen LogP) is 2.59. The van der Waals surface area contributed by atoms with E-state index in [9.17, 15) is 13.2 Å². The molecule has 0 aromatic heterocycles. The molecular weight excluding hydrogens is 316 g/mol. The summed E-state index contributed by atoms with van der Waals surface area (Å²) in [6.45, 7) is 2.90. The van der Waals surface area contributed by atoms with Gasteiger partial charge in [-0.25, -0.2) is 0 Å². The summed E-state index contributed by atoms with van der Waals surface area (Å²) in [7, 11) is -4.09. The summed E-state index contributed by atoms with van der Waals surface area (Å²) in [5, 5.41) is 11.3. The van der Waals surface area contributed by atoms with Gasteiger partial charge in [0, 0.05) is 6.92 Å². The van der Waals surface area contributed by atoms with Crippen LogP contribution < -0.4 is 9.50 Å². The second-order valence-electron chi connectivity index (χ2n) is 4.81. The number of benzene rings is 2. The van der Waals surface area contributed by atoms with Crippen LogP contribution in [0.4, 0.5) is 5.69 Å². The van der Waals surface area contributed by atoms with Crippen molar-refractivity contribution in [1.29, 1.82) is 5.26 Å². The number of aryl methyl sites for hydroxylation is 1. The number of anilines is 1. The second-order valence-corrected chi connectivity index (χ2v) is 6.32. The molecule has 0 saturated carbocycles. The first-order chi connectivity index (χ1) is 10.8. The molecule has 1 amide bonds. The van der Waals surface area contributed by atoms with Crippen molar-refractivity contribution >= 4 is 21.7 Å². The average Bonchev–Trinajstić information content (AvgIpc) is 2.48. The normalized spacial score (nSPS) is 10.7. The zero-order valence-corrected chi connectivity index (χ0v) is 13.3. The molecule has 0 aliphatic rings. The van der Waals surface area contributed by atoms with Crippen LogP contribution in [0.15, 0.2) is 47.4 Å². The Bertz CT molecular complexity index is 899. The Morgan fingerprint density at radius 3 is 2.52 bits per heavy atom. The number of hydrogen-bond donors (Lipinski definition) is 1. The molecule has 0 saturated heterocycles. The lowest BCUT2D eigenvalue weighted by Gasteiger charge is -2.13. The first-order valence-electron chi connectivity index (χ1n) is 6.65. The van der Waals surface area contributed by atoms with Crippen molar-refractivity contribution in [3.8, 4) is 11.8 Å². The molecule has 2 aromatic carbocycles. The van der Waals surface area contributed by atoms with Gasteiger partial charge in [0.2, 0.25) is 5.91 Å². The van der Waals surface area contributed by atoms with Crippen LogP contribution in [-0.2, 0) is 14.9 Å². The number of nitriles is 1. The Morgan fingerprint density at radius 2 is 1.91 bits per heavy atom. The Balaban J connectivity index is 2.40. The van der Waals surface area contributed by atoms with E-state index in [0.29, 0.717) is 11.1 Å². The highest BCUT2D eigenvalue weighted by molar-refractivity contribution is 7.87. The number of nitrogens with zero attached hydrogens (tertiary/aromatic N) is 1. The third-order valence-electron chi connectivity index (χ3n) is 2.97. The molecule has 1 N–H and O–H groups in total. The number of para-hydroxylation sites is 2. The fourth-order valence-corrected chi connectivity index (χ4v) is 3.15. The molecule has 0 bridgehead atoms. The van der Waals surface area contributed by atoms with Gasteiger partial charge < -0.3 is 9.50 Å². The summed E-state index contributed by atoms with van der Waals surface area (Å²) >= 11 is 0. The highest BCUT2D eigenvalue weighted by Gasteiger charge is 2.21. The molecule has 118 valence electrons. The van der Waals surface area contributed by atoms with Crippen LogP contribution in [0.25, 0.3) is 0 Å². The van der Waals surface area contributed by atoms with Crippen LogP contribution in [0.3, 0.4) is 0 Å². The third kappa shape index (κ3) is 3.87. The highest BCUT2D eigenvalue weighted by Crippen LogP contribution is 2.28. The lowest BCUT2D eigenvalue weighted by molar-refractivity contribution is -0.114. The van der Waals surface area contributed by atoms with E-state index in [2.05, 4.69) is 5.32 Å². The monoisotopic (exact) mass is 330 g/mol. The molecule has 0 heterocycles. The van der Waals surface area contributed by atoms with Crippen molar-refractivity contribution in [2.75, 3.05) is 5.32 Å². The highest BCUT2D eigenvalue weighted by atomic mass is 32.2. The van der Waals surface area contributed by atoms with Gasteiger partial charge in [-0.2, -0.15) is 13.7 Å². The van der Waals surface area contributed by atoms with Crippen molar-refractivity contribution in [2.24, 2.45) is 0 Å². The smallest absolute Gasteiger partial charge is 0.339 e. The predicted molar refractivity (Wildman–Crippen MR) is 84.5 cm³/mol. The van der Waals surface area contributed by atoms with Crippen molar-refractivity contribution < 1.29 is 17.4 Å². The Labute approximate surface area is 134 Å². The quantitative estimate of drug-likeness (QED) is 0.869. The van der Waals surface area contributed by atoms with E-state index >= 15 is 0 Å². The summed E-state index contributed by atoms with van der Waals surface area (Å²) in [5.41, 5.74) is 1.02. The van der Waals surface area contributed by atoms with Gasteiger partial charge in [-0.15, -0.1) is 0 Å². The number of rotatable bonds is 4. The van der Waals surface area contributed by atoms with Gasteiger partial charge in [0.05, 0.1) is 17.3 Å². The van der Waals surface area contributed by atoms with E-state index in [4.69, 9.17) is 9.44 Å². The van der Waals surface area contributed by atoms with E-state index in [-0.39, 0.29) is 22.2 Å². The van der Waals surface area contributed by atoms with Crippen LogP contribution in [-0.4, -0.2) is 14.3 Å². The van der Waals surface area contributed by atoms with Gasteiger partial charge in [0.1, 0.15) is 4.90 Å². The SMILES string of the molecule is CC(=O)Nc1ccccc1OS(=O)(=O)c1ccc(C#N)cc1C. The Morgan fingerprint density at radius 1 is 1.22 bits per heavy atom. The lowest BCUT2D eigenvalue weighted by atomic mass is 10.2. The number of carbonyl (C=O) groups excluding carboxylic acids is 1. The van der Waals surface area contributed by atoms with Gasteiger partial charge in [0.15, 0.2) is 5.75 Å². The van der Waals surface area contributed by atoms with Gasteiger partial charge in [-0.3, -0.25) is 4.79 Å². The molecule has 7 heteroatoms. The Kier molecular flexibility index (Phi) is 4.67. The Hall–Kier alpha value is -2.85. The average molecular weight is 330 g/mol.